The Morgan fingerprint density at radius 1 is 1.33 bits per heavy atom. The van der Waals surface area contributed by atoms with Gasteiger partial charge >= 0.3 is 0 Å². The van der Waals surface area contributed by atoms with Crippen molar-refractivity contribution in [1.82, 2.24) is 0 Å². The van der Waals surface area contributed by atoms with Gasteiger partial charge in [-0.05, 0) is 48.9 Å². The Labute approximate surface area is 126 Å². The quantitative estimate of drug-likeness (QED) is 0.851. The molecule has 0 aliphatic heterocycles. The lowest BCUT2D eigenvalue weighted by Gasteiger charge is -2.10. The molecule has 2 aromatic rings. The summed E-state index contributed by atoms with van der Waals surface area (Å²) in [6.45, 7) is 1.65. The van der Waals surface area contributed by atoms with E-state index >= 15 is 0 Å². The minimum atomic E-state index is -0.466. The van der Waals surface area contributed by atoms with Crippen molar-refractivity contribution >= 4 is 28.9 Å². The molecule has 110 valence electrons. The van der Waals surface area contributed by atoms with Gasteiger partial charge in [-0.25, -0.2) is 4.39 Å². The van der Waals surface area contributed by atoms with Crippen LogP contribution in [0.4, 0.5) is 15.8 Å². The Morgan fingerprint density at radius 3 is 2.76 bits per heavy atom. The van der Waals surface area contributed by atoms with Gasteiger partial charge in [0.05, 0.1) is 10.7 Å². The SMILES string of the molecule is Cc1cc(N)ccc1OCC(=O)Nc1ccc(F)cc1Cl. The van der Waals surface area contributed by atoms with Crippen molar-refractivity contribution in [3.63, 3.8) is 0 Å². The molecule has 0 heterocycles. The smallest absolute Gasteiger partial charge is 0.262 e. The molecule has 0 fully saturated rings. The van der Waals surface area contributed by atoms with E-state index in [9.17, 15) is 9.18 Å². The number of halogens is 2. The first-order chi connectivity index (χ1) is 9.95. The Kier molecular flexibility index (Phi) is 4.65. The topological polar surface area (TPSA) is 64.3 Å². The van der Waals surface area contributed by atoms with E-state index in [1.54, 1.807) is 18.2 Å². The number of nitrogens with one attached hydrogen (secondary N) is 1. The summed E-state index contributed by atoms with van der Waals surface area (Å²) in [4.78, 5) is 11.8. The van der Waals surface area contributed by atoms with Crippen LogP contribution in [-0.2, 0) is 4.79 Å². The van der Waals surface area contributed by atoms with Crippen molar-refractivity contribution < 1.29 is 13.9 Å². The molecule has 0 aliphatic carbocycles. The van der Waals surface area contributed by atoms with Crippen LogP contribution in [0.1, 0.15) is 5.56 Å². The number of nitrogens with two attached hydrogens (primary N) is 1. The van der Waals surface area contributed by atoms with Gasteiger partial charge in [-0.15, -0.1) is 0 Å². The first kappa shape index (κ1) is 15.1. The highest BCUT2D eigenvalue weighted by Crippen LogP contribution is 2.23. The molecule has 0 saturated carbocycles. The fourth-order valence-electron chi connectivity index (χ4n) is 1.75. The molecule has 2 aromatic carbocycles. The van der Waals surface area contributed by atoms with E-state index in [2.05, 4.69) is 5.32 Å². The molecule has 21 heavy (non-hydrogen) atoms. The second-order valence-electron chi connectivity index (χ2n) is 4.49. The minimum absolute atomic E-state index is 0.131. The number of hydrogen-bond donors (Lipinski definition) is 2. The number of carbonyl (C=O) groups is 1. The molecule has 0 radical (unpaired) electrons. The molecule has 0 spiro atoms. The van der Waals surface area contributed by atoms with Gasteiger partial charge in [0, 0.05) is 5.69 Å². The summed E-state index contributed by atoms with van der Waals surface area (Å²) in [5.74, 6) is -0.281. The third-order valence-electron chi connectivity index (χ3n) is 2.76. The lowest BCUT2D eigenvalue weighted by Crippen LogP contribution is -2.20. The van der Waals surface area contributed by atoms with Gasteiger partial charge in [0.25, 0.3) is 5.91 Å². The first-order valence-electron chi connectivity index (χ1n) is 6.19. The lowest BCUT2D eigenvalue weighted by atomic mass is 10.2. The van der Waals surface area contributed by atoms with Crippen LogP contribution in [0.5, 0.6) is 5.75 Å². The van der Waals surface area contributed by atoms with Crippen molar-refractivity contribution in [2.24, 2.45) is 0 Å². The number of aryl methyl sites for hydroxylation is 1. The Bertz CT molecular complexity index is 677. The highest BCUT2D eigenvalue weighted by atomic mass is 35.5. The molecule has 3 N–H and O–H groups in total. The predicted octanol–water partition coefficient (Wildman–Crippen LogP) is 3.39. The number of carbonyl (C=O) groups excluding carboxylic acids is 1. The Hall–Kier alpha value is -2.27. The number of anilines is 2. The van der Waals surface area contributed by atoms with Gasteiger partial charge in [-0.1, -0.05) is 11.6 Å². The molecular formula is C15H14ClFN2O2. The molecule has 1 amide bonds. The molecule has 6 heteroatoms. The summed E-state index contributed by atoms with van der Waals surface area (Å²) in [5.41, 5.74) is 7.43. The van der Waals surface area contributed by atoms with E-state index in [4.69, 9.17) is 22.1 Å². The number of hydrogen-bond acceptors (Lipinski definition) is 3. The third-order valence-corrected chi connectivity index (χ3v) is 3.08. The second-order valence-corrected chi connectivity index (χ2v) is 4.89. The van der Waals surface area contributed by atoms with Crippen LogP contribution in [0.2, 0.25) is 5.02 Å². The zero-order valence-corrected chi connectivity index (χ0v) is 12.1. The number of rotatable bonds is 4. The van der Waals surface area contributed by atoms with Crippen molar-refractivity contribution in [3.05, 3.63) is 52.8 Å². The van der Waals surface area contributed by atoms with Gasteiger partial charge in [0.1, 0.15) is 11.6 Å². The van der Waals surface area contributed by atoms with Crippen LogP contribution in [0.3, 0.4) is 0 Å². The number of nitrogen functional groups attached to an aromatic ring is 1. The highest BCUT2D eigenvalue weighted by Gasteiger charge is 2.08. The maximum atomic E-state index is 12.9. The zero-order chi connectivity index (χ0) is 15.4. The lowest BCUT2D eigenvalue weighted by molar-refractivity contribution is -0.118. The molecule has 0 saturated heterocycles. The summed E-state index contributed by atoms with van der Waals surface area (Å²) in [5, 5.41) is 2.68. The fraction of sp³-hybridized carbons (Fsp3) is 0.133. The van der Waals surface area contributed by atoms with E-state index in [-0.39, 0.29) is 17.5 Å². The van der Waals surface area contributed by atoms with Gasteiger partial charge < -0.3 is 15.8 Å². The van der Waals surface area contributed by atoms with Crippen LogP contribution in [0.15, 0.2) is 36.4 Å². The molecule has 4 nitrogen and oxygen atoms in total. The van der Waals surface area contributed by atoms with Gasteiger partial charge in [-0.2, -0.15) is 0 Å². The predicted molar refractivity (Wildman–Crippen MR) is 81.1 cm³/mol. The third kappa shape index (κ3) is 4.10. The second kappa shape index (κ2) is 6.45. The van der Waals surface area contributed by atoms with E-state index in [0.29, 0.717) is 17.1 Å². The Morgan fingerprint density at radius 2 is 2.10 bits per heavy atom. The van der Waals surface area contributed by atoms with Crippen molar-refractivity contribution in [2.75, 3.05) is 17.7 Å². The number of amides is 1. The van der Waals surface area contributed by atoms with Crippen molar-refractivity contribution in [3.8, 4) is 5.75 Å². The summed E-state index contributed by atoms with van der Waals surface area (Å²) in [6, 6.07) is 8.88. The van der Waals surface area contributed by atoms with Gasteiger partial charge in [0.2, 0.25) is 0 Å². The van der Waals surface area contributed by atoms with Crippen LogP contribution in [-0.4, -0.2) is 12.5 Å². The first-order valence-corrected chi connectivity index (χ1v) is 6.57. The normalized spacial score (nSPS) is 10.2. The molecule has 0 bridgehead atoms. The maximum absolute atomic E-state index is 12.9. The fourth-order valence-corrected chi connectivity index (χ4v) is 1.97. The standard InChI is InChI=1S/C15H14ClFN2O2/c1-9-6-11(18)3-5-14(9)21-8-15(20)19-13-4-2-10(17)7-12(13)16/h2-7H,8,18H2,1H3,(H,19,20). The molecule has 0 aliphatic rings. The summed E-state index contributed by atoms with van der Waals surface area (Å²) >= 11 is 5.82. The van der Waals surface area contributed by atoms with E-state index in [0.717, 1.165) is 11.6 Å². The largest absolute Gasteiger partial charge is 0.483 e. The average Bonchev–Trinajstić information content (AvgIpc) is 2.41. The van der Waals surface area contributed by atoms with Crippen LogP contribution >= 0.6 is 11.6 Å². The minimum Gasteiger partial charge on any atom is -0.483 e. The van der Waals surface area contributed by atoms with Gasteiger partial charge in [-0.3, -0.25) is 4.79 Å². The molecule has 2 rings (SSSR count). The molecule has 0 unspecified atom stereocenters. The van der Waals surface area contributed by atoms with E-state index < -0.39 is 5.82 Å². The van der Waals surface area contributed by atoms with Gasteiger partial charge in [0.15, 0.2) is 6.61 Å². The molecule has 0 aromatic heterocycles. The maximum Gasteiger partial charge on any atom is 0.262 e. The highest BCUT2D eigenvalue weighted by molar-refractivity contribution is 6.33. The number of ether oxygens (including phenoxy) is 1. The molecular weight excluding hydrogens is 295 g/mol. The molecule has 0 atom stereocenters. The van der Waals surface area contributed by atoms with E-state index in [1.807, 2.05) is 6.92 Å². The van der Waals surface area contributed by atoms with E-state index in [1.165, 1.54) is 12.1 Å². The van der Waals surface area contributed by atoms with Crippen LogP contribution < -0.4 is 15.8 Å². The number of benzene rings is 2. The van der Waals surface area contributed by atoms with Crippen LogP contribution in [0, 0.1) is 12.7 Å². The Balaban J connectivity index is 1.96. The summed E-state index contributed by atoms with van der Waals surface area (Å²) in [7, 11) is 0. The monoisotopic (exact) mass is 308 g/mol. The zero-order valence-electron chi connectivity index (χ0n) is 11.3. The van der Waals surface area contributed by atoms with Crippen molar-refractivity contribution in [1.29, 1.82) is 0 Å². The van der Waals surface area contributed by atoms with Crippen molar-refractivity contribution in [2.45, 2.75) is 6.92 Å². The summed E-state index contributed by atoms with van der Waals surface area (Å²) < 4.78 is 18.3. The summed E-state index contributed by atoms with van der Waals surface area (Å²) in [6.07, 6.45) is 0. The van der Waals surface area contributed by atoms with Crippen LogP contribution in [0.25, 0.3) is 0 Å². The average molecular weight is 309 g/mol.